The highest BCUT2D eigenvalue weighted by Crippen LogP contribution is 2.30. The average Bonchev–Trinajstić information content (AvgIpc) is 3.09. The molecule has 0 spiro atoms. The van der Waals surface area contributed by atoms with Crippen LogP contribution in [-0.4, -0.2) is 33.7 Å². The molecule has 3 aromatic rings. The smallest absolute Gasteiger partial charge is 0.247 e. The van der Waals surface area contributed by atoms with Crippen molar-refractivity contribution in [3.63, 3.8) is 0 Å². The second kappa shape index (κ2) is 6.70. The number of hydrogen-bond acceptors (Lipinski definition) is 3. The fraction of sp³-hybridized carbons (Fsp3) is 0.190. The van der Waals surface area contributed by atoms with Crippen LogP contribution < -0.4 is 9.21 Å². The molecule has 3 aromatic carbocycles. The summed E-state index contributed by atoms with van der Waals surface area (Å²) in [7, 11) is -3.63. The van der Waals surface area contributed by atoms with E-state index < -0.39 is 10.0 Å². The largest absolute Gasteiger partial charge is 0.310 e. The van der Waals surface area contributed by atoms with Gasteiger partial charge in [-0.15, -0.1) is 0 Å². The minimum absolute atomic E-state index is 0.221. The maximum Gasteiger partial charge on any atom is 0.247 e. The van der Waals surface area contributed by atoms with Crippen molar-refractivity contribution in [2.75, 3.05) is 28.6 Å². The fourth-order valence-electron chi connectivity index (χ4n) is 3.61. The number of sulfonamides is 1. The number of benzene rings is 3. The topological polar surface area (TPSA) is 57.7 Å². The van der Waals surface area contributed by atoms with Crippen molar-refractivity contribution >= 4 is 38.1 Å². The second-order valence-electron chi connectivity index (χ2n) is 6.69. The van der Waals surface area contributed by atoms with Gasteiger partial charge < -0.3 is 4.90 Å². The zero-order valence-corrected chi connectivity index (χ0v) is 15.8. The number of para-hydroxylation sites is 1. The van der Waals surface area contributed by atoms with Crippen LogP contribution in [0.1, 0.15) is 5.56 Å². The summed E-state index contributed by atoms with van der Waals surface area (Å²) in [6.45, 7) is 0.354. The first-order valence-electron chi connectivity index (χ1n) is 8.79. The SMILES string of the molecule is CS(=O)(=O)N(CC(=O)N1CCc2ccccc21)c1cccc2ccccc12. The zero-order valence-electron chi connectivity index (χ0n) is 15.0. The molecule has 0 unspecified atom stereocenters. The molecule has 5 nitrogen and oxygen atoms in total. The van der Waals surface area contributed by atoms with Crippen molar-refractivity contribution in [2.45, 2.75) is 6.42 Å². The van der Waals surface area contributed by atoms with Gasteiger partial charge in [0.1, 0.15) is 6.54 Å². The monoisotopic (exact) mass is 380 g/mol. The van der Waals surface area contributed by atoms with E-state index in [0.29, 0.717) is 12.2 Å². The molecular weight excluding hydrogens is 360 g/mol. The third-order valence-corrected chi connectivity index (χ3v) is 6.03. The minimum atomic E-state index is -3.63. The third kappa shape index (κ3) is 3.28. The van der Waals surface area contributed by atoms with Crippen molar-refractivity contribution in [3.8, 4) is 0 Å². The molecule has 0 bridgehead atoms. The highest BCUT2D eigenvalue weighted by Gasteiger charge is 2.29. The molecule has 6 heteroatoms. The molecule has 1 aliphatic rings. The van der Waals surface area contributed by atoms with Gasteiger partial charge in [-0.1, -0.05) is 54.6 Å². The average molecular weight is 380 g/mol. The molecule has 1 aliphatic heterocycles. The Morgan fingerprint density at radius 2 is 1.70 bits per heavy atom. The summed E-state index contributed by atoms with van der Waals surface area (Å²) >= 11 is 0. The van der Waals surface area contributed by atoms with Crippen molar-refractivity contribution < 1.29 is 13.2 Å². The normalized spacial score (nSPS) is 13.6. The van der Waals surface area contributed by atoms with Gasteiger partial charge in [0.25, 0.3) is 0 Å². The minimum Gasteiger partial charge on any atom is -0.310 e. The van der Waals surface area contributed by atoms with Crippen LogP contribution >= 0.6 is 0 Å². The van der Waals surface area contributed by atoms with Gasteiger partial charge in [-0.05, 0) is 29.5 Å². The lowest BCUT2D eigenvalue weighted by molar-refractivity contribution is -0.117. The highest BCUT2D eigenvalue weighted by atomic mass is 32.2. The van der Waals surface area contributed by atoms with E-state index >= 15 is 0 Å². The predicted octanol–water partition coefficient (Wildman–Crippen LogP) is 3.20. The first kappa shape index (κ1) is 17.5. The van der Waals surface area contributed by atoms with E-state index in [-0.39, 0.29) is 12.5 Å². The van der Waals surface area contributed by atoms with Crippen molar-refractivity contribution in [2.24, 2.45) is 0 Å². The highest BCUT2D eigenvalue weighted by molar-refractivity contribution is 7.92. The molecule has 1 amide bonds. The van der Waals surface area contributed by atoms with Gasteiger partial charge in [0.2, 0.25) is 15.9 Å². The van der Waals surface area contributed by atoms with Crippen LogP contribution in [0.15, 0.2) is 66.7 Å². The first-order valence-corrected chi connectivity index (χ1v) is 10.6. The van der Waals surface area contributed by atoms with Crippen LogP contribution in [0, 0.1) is 0 Å². The molecule has 0 saturated carbocycles. The van der Waals surface area contributed by atoms with Crippen molar-refractivity contribution in [3.05, 3.63) is 72.3 Å². The number of amides is 1. The quantitative estimate of drug-likeness (QED) is 0.698. The fourth-order valence-corrected chi connectivity index (χ4v) is 4.47. The molecule has 27 heavy (non-hydrogen) atoms. The van der Waals surface area contributed by atoms with E-state index in [1.54, 1.807) is 11.0 Å². The number of carbonyl (C=O) groups is 1. The maximum absolute atomic E-state index is 13.0. The van der Waals surface area contributed by atoms with E-state index in [1.807, 2.05) is 60.7 Å². The molecule has 138 valence electrons. The Bertz CT molecular complexity index is 1120. The van der Waals surface area contributed by atoms with E-state index in [4.69, 9.17) is 0 Å². The van der Waals surface area contributed by atoms with Crippen LogP contribution in [0.2, 0.25) is 0 Å². The number of fused-ring (bicyclic) bond motifs is 2. The summed E-state index contributed by atoms with van der Waals surface area (Å²) < 4.78 is 26.3. The number of anilines is 2. The number of hydrogen-bond donors (Lipinski definition) is 0. The van der Waals surface area contributed by atoms with Crippen LogP contribution in [0.4, 0.5) is 11.4 Å². The number of rotatable bonds is 4. The lowest BCUT2D eigenvalue weighted by atomic mass is 10.1. The predicted molar refractivity (Wildman–Crippen MR) is 109 cm³/mol. The van der Waals surface area contributed by atoms with E-state index in [9.17, 15) is 13.2 Å². The Balaban J connectivity index is 1.71. The molecule has 0 N–H and O–H groups in total. The van der Waals surface area contributed by atoms with Crippen LogP contribution in [0.3, 0.4) is 0 Å². The van der Waals surface area contributed by atoms with E-state index in [2.05, 4.69) is 0 Å². The number of nitrogens with zero attached hydrogens (tertiary/aromatic N) is 2. The molecule has 0 fully saturated rings. The van der Waals surface area contributed by atoms with Gasteiger partial charge in [0.15, 0.2) is 0 Å². The van der Waals surface area contributed by atoms with E-state index in [1.165, 1.54) is 4.31 Å². The third-order valence-electron chi connectivity index (χ3n) is 4.90. The van der Waals surface area contributed by atoms with Gasteiger partial charge in [-0.2, -0.15) is 0 Å². The molecule has 0 aromatic heterocycles. The lowest BCUT2D eigenvalue weighted by Crippen LogP contribution is -2.42. The van der Waals surface area contributed by atoms with Crippen LogP contribution in [-0.2, 0) is 21.2 Å². The molecular formula is C21H20N2O3S. The van der Waals surface area contributed by atoms with Crippen molar-refractivity contribution in [1.29, 1.82) is 0 Å². The van der Waals surface area contributed by atoms with Gasteiger partial charge >= 0.3 is 0 Å². The maximum atomic E-state index is 13.0. The summed E-state index contributed by atoms with van der Waals surface area (Å²) in [6.07, 6.45) is 1.93. The Kier molecular flexibility index (Phi) is 4.36. The van der Waals surface area contributed by atoms with E-state index in [0.717, 1.165) is 34.7 Å². The zero-order chi connectivity index (χ0) is 19.0. The van der Waals surface area contributed by atoms with Crippen molar-refractivity contribution in [1.82, 2.24) is 0 Å². The lowest BCUT2D eigenvalue weighted by Gasteiger charge is -2.26. The summed E-state index contributed by atoms with van der Waals surface area (Å²) in [6, 6.07) is 20.8. The summed E-state index contributed by atoms with van der Waals surface area (Å²) in [5, 5.41) is 1.74. The summed E-state index contributed by atoms with van der Waals surface area (Å²) in [5.41, 5.74) is 2.51. The van der Waals surface area contributed by atoms with Gasteiger partial charge in [0.05, 0.1) is 11.9 Å². The molecule has 1 heterocycles. The second-order valence-corrected chi connectivity index (χ2v) is 8.60. The summed E-state index contributed by atoms with van der Waals surface area (Å²) in [4.78, 5) is 14.7. The Hall–Kier alpha value is -2.86. The molecule has 0 aliphatic carbocycles. The molecule has 0 saturated heterocycles. The first-order chi connectivity index (χ1) is 12.9. The molecule has 0 atom stereocenters. The number of carbonyl (C=O) groups excluding carboxylic acids is 1. The summed E-state index contributed by atoms with van der Waals surface area (Å²) in [5.74, 6) is -0.224. The Morgan fingerprint density at radius 1 is 1.00 bits per heavy atom. The Morgan fingerprint density at radius 3 is 2.52 bits per heavy atom. The van der Waals surface area contributed by atoms with Gasteiger partial charge in [0, 0.05) is 17.6 Å². The Labute approximate surface area is 158 Å². The standard InChI is InChI=1S/C21H20N2O3S/c1-27(25,26)23(20-12-6-9-16-7-2-4-10-18(16)20)15-21(24)22-14-13-17-8-3-5-11-19(17)22/h2-12H,13-15H2,1H3. The molecule has 0 radical (unpaired) electrons. The van der Waals surface area contributed by atoms with Crippen LogP contribution in [0.25, 0.3) is 10.8 Å². The van der Waals surface area contributed by atoms with Gasteiger partial charge in [-0.25, -0.2) is 8.42 Å². The van der Waals surface area contributed by atoms with Crippen LogP contribution in [0.5, 0.6) is 0 Å². The van der Waals surface area contributed by atoms with Gasteiger partial charge in [-0.3, -0.25) is 9.10 Å². The molecule has 4 rings (SSSR count).